The van der Waals surface area contributed by atoms with Crippen molar-refractivity contribution in [2.45, 2.75) is 38.6 Å². The monoisotopic (exact) mass is 387 g/mol. The molecule has 4 rings (SSSR count). The second-order valence-electron chi connectivity index (χ2n) is 8.23. The van der Waals surface area contributed by atoms with E-state index in [0.717, 1.165) is 25.9 Å². The SMILES string of the molecule is CC1CCc2cc(F)cc3c(O)c(C(=O)NCC4CCCN(C)C4)c(=O)n1c23. The van der Waals surface area contributed by atoms with E-state index in [1.807, 2.05) is 14.0 Å². The molecule has 2 aliphatic heterocycles. The molecule has 1 aromatic heterocycles. The van der Waals surface area contributed by atoms with Crippen molar-refractivity contribution in [3.63, 3.8) is 0 Å². The van der Waals surface area contributed by atoms with Crippen molar-refractivity contribution in [3.8, 4) is 5.75 Å². The molecule has 1 fully saturated rings. The van der Waals surface area contributed by atoms with Crippen LogP contribution in [0.5, 0.6) is 5.75 Å². The second kappa shape index (κ2) is 7.20. The summed E-state index contributed by atoms with van der Waals surface area (Å²) >= 11 is 0. The maximum Gasteiger partial charge on any atom is 0.267 e. The number of rotatable bonds is 3. The van der Waals surface area contributed by atoms with Crippen molar-refractivity contribution in [2.75, 3.05) is 26.7 Å². The van der Waals surface area contributed by atoms with Crippen LogP contribution in [0.4, 0.5) is 4.39 Å². The summed E-state index contributed by atoms with van der Waals surface area (Å²) < 4.78 is 15.6. The lowest BCUT2D eigenvalue weighted by atomic mass is 9.95. The van der Waals surface area contributed by atoms with Gasteiger partial charge < -0.3 is 19.9 Å². The zero-order chi connectivity index (χ0) is 20.0. The van der Waals surface area contributed by atoms with Gasteiger partial charge in [0.2, 0.25) is 0 Å². The third-order valence-corrected chi connectivity index (χ3v) is 6.09. The van der Waals surface area contributed by atoms with Crippen molar-refractivity contribution in [1.82, 2.24) is 14.8 Å². The van der Waals surface area contributed by atoms with Crippen LogP contribution in [-0.2, 0) is 6.42 Å². The molecule has 0 radical (unpaired) electrons. The Balaban J connectivity index is 1.73. The van der Waals surface area contributed by atoms with Crippen molar-refractivity contribution in [2.24, 2.45) is 5.92 Å². The van der Waals surface area contributed by atoms with Crippen molar-refractivity contribution in [1.29, 1.82) is 0 Å². The van der Waals surface area contributed by atoms with E-state index in [1.54, 1.807) is 0 Å². The van der Waals surface area contributed by atoms with E-state index in [0.29, 0.717) is 36.4 Å². The summed E-state index contributed by atoms with van der Waals surface area (Å²) in [6.45, 7) is 4.29. The number of aromatic nitrogens is 1. The predicted octanol–water partition coefficient (Wildman–Crippen LogP) is 2.43. The van der Waals surface area contributed by atoms with Crippen LogP contribution < -0.4 is 10.9 Å². The molecular weight excluding hydrogens is 361 g/mol. The summed E-state index contributed by atoms with van der Waals surface area (Å²) in [5.74, 6) is -1.18. The standard InChI is InChI=1S/C21H26FN3O3/c1-12-5-6-14-8-15(22)9-16-18(14)25(12)21(28)17(19(16)26)20(27)23-10-13-4-3-7-24(2)11-13/h8-9,12-13,26H,3-7,10-11H2,1-2H3,(H,23,27). The number of carbonyl (C=O) groups is 1. The molecular formula is C21H26FN3O3. The number of carbonyl (C=O) groups excluding carboxylic acids is 1. The van der Waals surface area contributed by atoms with Gasteiger partial charge in [-0.1, -0.05) is 0 Å². The smallest absolute Gasteiger partial charge is 0.267 e. The van der Waals surface area contributed by atoms with E-state index in [2.05, 4.69) is 10.2 Å². The maximum atomic E-state index is 14.1. The first-order valence-corrected chi connectivity index (χ1v) is 9.93. The van der Waals surface area contributed by atoms with E-state index < -0.39 is 23.0 Å². The van der Waals surface area contributed by atoms with E-state index in [9.17, 15) is 19.1 Å². The molecule has 0 spiro atoms. The lowest BCUT2D eigenvalue weighted by molar-refractivity contribution is 0.0932. The van der Waals surface area contributed by atoms with Crippen LogP contribution >= 0.6 is 0 Å². The molecule has 1 aromatic carbocycles. The van der Waals surface area contributed by atoms with E-state index in [4.69, 9.17) is 0 Å². The number of nitrogens with zero attached hydrogens (tertiary/aromatic N) is 2. The van der Waals surface area contributed by atoms with Crippen LogP contribution in [0.2, 0.25) is 0 Å². The van der Waals surface area contributed by atoms with Crippen LogP contribution in [0.3, 0.4) is 0 Å². The number of hydrogen-bond donors (Lipinski definition) is 2. The molecule has 28 heavy (non-hydrogen) atoms. The summed E-state index contributed by atoms with van der Waals surface area (Å²) in [5, 5.41) is 13.8. The Bertz CT molecular complexity index is 1000. The fourth-order valence-electron chi connectivity index (χ4n) is 4.65. The van der Waals surface area contributed by atoms with Gasteiger partial charge in [0.25, 0.3) is 11.5 Å². The third-order valence-electron chi connectivity index (χ3n) is 6.09. The molecule has 0 bridgehead atoms. The summed E-state index contributed by atoms with van der Waals surface area (Å²) in [4.78, 5) is 28.1. The highest BCUT2D eigenvalue weighted by molar-refractivity contribution is 6.03. The van der Waals surface area contributed by atoms with Gasteiger partial charge in [-0.25, -0.2) is 4.39 Å². The number of hydrogen-bond acceptors (Lipinski definition) is 4. The fourth-order valence-corrected chi connectivity index (χ4v) is 4.65. The third kappa shape index (κ3) is 3.17. The molecule has 2 unspecified atom stereocenters. The first kappa shape index (κ1) is 18.9. The Labute approximate surface area is 163 Å². The van der Waals surface area contributed by atoms with Gasteiger partial charge in [0.1, 0.15) is 17.1 Å². The van der Waals surface area contributed by atoms with Gasteiger partial charge in [-0.15, -0.1) is 0 Å². The Morgan fingerprint density at radius 3 is 2.89 bits per heavy atom. The summed E-state index contributed by atoms with van der Waals surface area (Å²) in [5.41, 5.74) is 0.427. The number of benzene rings is 1. The number of nitrogens with one attached hydrogen (secondary N) is 1. The highest BCUT2D eigenvalue weighted by Gasteiger charge is 2.29. The summed E-state index contributed by atoms with van der Waals surface area (Å²) in [6.07, 6.45) is 3.41. The van der Waals surface area contributed by atoms with E-state index in [1.165, 1.54) is 16.7 Å². The Morgan fingerprint density at radius 1 is 1.36 bits per heavy atom. The summed E-state index contributed by atoms with van der Waals surface area (Å²) in [7, 11) is 2.05. The molecule has 2 N–H and O–H groups in total. The van der Waals surface area contributed by atoms with Gasteiger partial charge in [0, 0.05) is 24.5 Å². The molecule has 2 aliphatic rings. The molecule has 2 atom stereocenters. The number of piperidine rings is 1. The van der Waals surface area contributed by atoms with Gasteiger partial charge >= 0.3 is 0 Å². The van der Waals surface area contributed by atoms with Crippen LogP contribution in [0.15, 0.2) is 16.9 Å². The van der Waals surface area contributed by atoms with Crippen LogP contribution in [-0.4, -0.2) is 47.2 Å². The minimum Gasteiger partial charge on any atom is -0.506 e. The molecule has 1 amide bonds. The van der Waals surface area contributed by atoms with Crippen LogP contribution in [0.1, 0.15) is 48.1 Å². The zero-order valence-corrected chi connectivity index (χ0v) is 16.3. The average molecular weight is 387 g/mol. The van der Waals surface area contributed by atoms with Crippen LogP contribution in [0, 0.1) is 11.7 Å². The Hall–Kier alpha value is -2.41. The van der Waals surface area contributed by atoms with Gasteiger partial charge in [0.15, 0.2) is 0 Å². The first-order valence-electron chi connectivity index (χ1n) is 9.93. The average Bonchev–Trinajstić information content (AvgIpc) is 2.65. The second-order valence-corrected chi connectivity index (χ2v) is 8.23. The molecule has 7 heteroatoms. The molecule has 2 aromatic rings. The van der Waals surface area contributed by atoms with Crippen LogP contribution in [0.25, 0.3) is 10.9 Å². The van der Waals surface area contributed by atoms with Gasteiger partial charge in [-0.2, -0.15) is 0 Å². The summed E-state index contributed by atoms with van der Waals surface area (Å²) in [6, 6.07) is 2.49. The maximum absolute atomic E-state index is 14.1. The number of halogens is 1. The van der Waals surface area contributed by atoms with Gasteiger partial charge in [0.05, 0.1) is 5.52 Å². The first-order chi connectivity index (χ1) is 13.4. The highest BCUT2D eigenvalue weighted by Crippen LogP contribution is 2.35. The van der Waals surface area contributed by atoms with Crippen molar-refractivity contribution in [3.05, 3.63) is 39.4 Å². The van der Waals surface area contributed by atoms with E-state index >= 15 is 0 Å². The predicted molar refractivity (Wildman–Crippen MR) is 105 cm³/mol. The van der Waals surface area contributed by atoms with Gasteiger partial charge in [-0.05, 0) is 69.8 Å². The zero-order valence-electron chi connectivity index (χ0n) is 16.3. The molecule has 150 valence electrons. The number of aromatic hydroxyl groups is 1. The highest BCUT2D eigenvalue weighted by atomic mass is 19.1. The minimum absolute atomic E-state index is 0.118. The number of aryl methyl sites for hydroxylation is 1. The lowest BCUT2D eigenvalue weighted by Gasteiger charge is -2.30. The Morgan fingerprint density at radius 2 is 2.14 bits per heavy atom. The number of likely N-dealkylation sites (tertiary alicyclic amines) is 1. The molecule has 6 nitrogen and oxygen atoms in total. The molecule has 0 saturated carbocycles. The lowest BCUT2D eigenvalue weighted by Crippen LogP contribution is -2.41. The molecule has 1 saturated heterocycles. The normalized spacial score (nSPS) is 22.4. The fraction of sp³-hybridized carbons (Fsp3) is 0.524. The molecule has 0 aliphatic carbocycles. The minimum atomic E-state index is -0.593. The quantitative estimate of drug-likeness (QED) is 0.848. The van der Waals surface area contributed by atoms with E-state index in [-0.39, 0.29) is 17.0 Å². The largest absolute Gasteiger partial charge is 0.506 e. The van der Waals surface area contributed by atoms with Gasteiger partial charge in [-0.3, -0.25) is 9.59 Å². The number of pyridine rings is 1. The Kier molecular flexibility index (Phi) is 4.87. The van der Waals surface area contributed by atoms with Crippen molar-refractivity contribution >= 4 is 16.8 Å². The number of amides is 1. The topological polar surface area (TPSA) is 74.6 Å². The molecule has 3 heterocycles. The van der Waals surface area contributed by atoms with Crippen molar-refractivity contribution < 1.29 is 14.3 Å².